The summed E-state index contributed by atoms with van der Waals surface area (Å²) in [6.45, 7) is 2.19. The van der Waals surface area contributed by atoms with E-state index in [-0.39, 0.29) is 12.4 Å². The fourth-order valence-electron chi connectivity index (χ4n) is 4.85. The molecule has 4 aliphatic rings. The summed E-state index contributed by atoms with van der Waals surface area (Å²) in [4.78, 5) is 0. The molecule has 4 fully saturated rings. The molecule has 0 amide bonds. The Morgan fingerprint density at radius 1 is 1.00 bits per heavy atom. The summed E-state index contributed by atoms with van der Waals surface area (Å²) >= 11 is 0. The van der Waals surface area contributed by atoms with Gasteiger partial charge in [-0.3, -0.25) is 0 Å². The van der Waals surface area contributed by atoms with Crippen molar-refractivity contribution in [2.45, 2.75) is 51.5 Å². The van der Waals surface area contributed by atoms with E-state index in [1.54, 1.807) is 32.1 Å². The van der Waals surface area contributed by atoms with Crippen LogP contribution in [0.3, 0.4) is 0 Å². The molecule has 2 N–H and O–H groups in total. The van der Waals surface area contributed by atoms with Crippen LogP contribution in [0, 0.1) is 29.6 Å². The molecule has 0 spiro atoms. The third-order valence-corrected chi connectivity index (χ3v) is 5.07. The molecule has 1 nitrogen and oxygen atoms in total. The van der Waals surface area contributed by atoms with E-state index in [0.29, 0.717) is 6.04 Å². The summed E-state index contributed by atoms with van der Waals surface area (Å²) in [6.07, 6.45) is 9.05. The highest BCUT2D eigenvalue weighted by Gasteiger charge is 2.47. The monoisotopic (exact) mass is 229 g/mol. The second-order valence-electron chi connectivity index (χ2n) is 6.31. The van der Waals surface area contributed by atoms with Gasteiger partial charge in [0.2, 0.25) is 0 Å². The topological polar surface area (TPSA) is 26.0 Å². The molecule has 0 radical (unpaired) electrons. The van der Waals surface area contributed by atoms with Crippen molar-refractivity contribution in [1.82, 2.24) is 0 Å². The Morgan fingerprint density at radius 3 is 1.87 bits per heavy atom. The SMILES string of the molecule is CC(N)CC1C2CC3CC(C2)CC1C3.Cl. The lowest BCUT2D eigenvalue weighted by Crippen LogP contribution is -2.46. The van der Waals surface area contributed by atoms with Crippen LogP contribution in [-0.2, 0) is 0 Å². The molecule has 0 aromatic carbocycles. The largest absolute Gasteiger partial charge is 0.328 e. The average Bonchev–Trinajstić information content (AvgIpc) is 2.09. The Kier molecular flexibility index (Phi) is 3.33. The van der Waals surface area contributed by atoms with Crippen molar-refractivity contribution in [1.29, 1.82) is 0 Å². The van der Waals surface area contributed by atoms with Crippen molar-refractivity contribution in [3.05, 3.63) is 0 Å². The van der Waals surface area contributed by atoms with Crippen LogP contribution < -0.4 is 5.73 Å². The van der Waals surface area contributed by atoms with Gasteiger partial charge in [0.15, 0.2) is 0 Å². The summed E-state index contributed by atoms with van der Waals surface area (Å²) < 4.78 is 0. The molecule has 4 saturated carbocycles. The van der Waals surface area contributed by atoms with Crippen molar-refractivity contribution >= 4 is 12.4 Å². The van der Waals surface area contributed by atoms with Gasteiger partial charge in [-0.05, 0) is 75.0 Å². The first-order valence-corrected chi connectivity index (χ1v) is 6.48. The Morgan fingerprint density at radius 2 is 1.47 bits per heavy atom. The normalized spacial score (nSPS) is 48.8. The molecule has 88 valence electrons. The van der Waals surface area contributed by atoms with Crippen molar-refractivity contribution < 1.29 is 0 Å². The number of halogens is 1. The van der Waals surface area contributed by atoms with E-state index in [1.807, 2.05) is 0 Å². The van der Waals surface area contributed by atoms with Crippen LogP contribution in [0.4, 0.5) is 0 Å². The first kappa shape index (κ1) is 11.7. The minimum Gasteiger partial charge on any atom is -0.328 e. The second-order valence-corrected chi connectivity index (χ2v) is 6.31. The highest BCUT2D eigenvalue weighted by atomic mass is 35.5. The van der Waals surface area contributed by atoms with E-state index >= 15 is 0 Å². The maximum absolute atomic E-state index is 5.97. The standard InChI is InChI=1S/C13H23N.ClH/c1-8(14)2-13-11-4-9-3-10(6-11)7-12(13)5-9;/h8-13H,2-7,14H2,1H3;1H. The van der Waals surface area contributed by atoms with Gasteiger partial charge in [-0.2, -0.15) is 0 Å². The Bertz CT molecular complexity index is 199. The van der Waals surface area contributed by atoms with Gasteiger partial charge in [-0.1, -0.05) is 0 Å². The fourth-order valence-corrected chi connectivity index (χ4v) is 4.85. The van der Waals surface area contributed by atoms with Gasteiger partial charge < -0.3 is 5.73 Å². The summed E-state index contributed by atoms with van der Waals surface area (Å²) in [5.41, 5.74) is 5.97. The van der Waals surface area contributed by atoms with E-state index in [4.69, 9.17) is 5.73 Å². The van der Waals surface area contributed by atoms with Gasteiger partial charge in [-0.25, -0.2) is 0 Å². The van der Waals surface area contributed by atoms with Crippen molar-refractivity contribution in [2.75, 3.05) is 0 Å². The van der Waals surface area contributed by atoms with E-state index in [2.05, 4.69) is 6.92 Å². The Labute approximate surface area is 99.6 Å². The van der Waals surface area contributed by atoms with Gasteiger partial charge in [0.05, 0.1) is 0 Å². The molecule has 0 saturated heterocycles. The van der Waals surface area contributed by atoms with Crippen LogP contribution in [-0.4, -0.2) is 6.04 Å². The van der Waals surface area contributed by atoms with Crippen LogP contribution >= 0.6 is 12.4 Å². The van der Waals surface area contributed by atoms with Crippen LogP contribution in [0.25, 0.3) is 0 Å². The third-order valence-electron chi connectivity index (χ3n) is 5.07. The maximum atomic E-state index is 5.97. The van der Waals surface area contributed by atoms with E-state index in [9.17, 15) is 0 Å². The van der Waals surface area contributed by atoms with E-state index in [1.165, 1.54) is 6.42 Å². The molecule has 4 bridgehead atoms. The predicted molar refractivity (Wildman–Crippen MR) is 66.0 cm³/mol. The molecule has 0 aromatic rings. The summed E-state index contributed by atoms with van der Waals surface area (Å²) in [5, 5.41) is 0. The van der Waals surface area contributed by atoms with Crippen LogP contribution in [0.5, 0.6) is 0 Å². The van der Waals surface area contributed by atoms with Crippen LogP contribution in [0.15, 0.2) is 0 Å². The van der Waals surface area contributed by atoms with Gasteiger partial charge in [-0.15, -0.1) is 12.4 Å². The molecule has 15 heavy (non-hydrogen) atoms. The highest BCUT2D eigenvalue weighted by molar-refractivity contribution is 5.85. The zero-order valence-electron chi connectivity index (χ0n) is 9.69. The quantitative estimate of drug-likeness (QED) is 0.773. The number of nitrogens with two attached hydrogens (primary N) is 1. The summed E-state index contributed by atoms with van der Waals surface area (Å²) in [7, 11) is 0. The molecular formula is C13H24ClN. The first-order valence-electron chi connectivity index (χ1n) is 6.48. The lowest BCUT2D eigenvalue weighted by Gasteiger charge is -2.55. The lowest BCUT2D eigenvalue weighted by atomic mass is 9.51. The highest BCUT2D eigenvalue weighted by Crippen LogP contribution is 2.57. The van der Waals surface area contributed by atoms with Gasteiger partial charge >= 0.3 is 0 Å². The third kappa shape index (κ3) is 2.06. The summed E-state index contributed by atoms with van der Waals surface area (Å²) in [5.74, 6) is 5.36. The zero-order chi connectivity index (χ0) is 9.71. The smallest absolute Gasteiger partial charge is 0.00133 e. The second kappa shape index (κ2) is 4.25. The van der Waals surface area contributed by atoms with Gasteiger partial charge in [0.25, 0.3) is 0 Å². The van der Waals surface area contributed by atoms with E-state index < -0.39 is 0 Å². The van der Waals surface area contributed by atoms with Crippen molar-refractivity contribution in [2.24, 2.45) is 35.3 Å². The van der Waals surface area contributed by atoms with E-state index in [0.717, 1.165) is 29.6 Å². The number of rotatable bonds is 2. The Balaban J connectivity index is 0.000000853. The molecule has 1 atom stereocenters. The van der Waals surface area contributed by atoms with Crippen LogP contribution in [0.2, 0.25) is 0 Å². The molecular weight excluding hydrogens is 206 g/mol. The molecule has 2 heteroatoms. The number of hydrogen-bond acceptors (Lipinski definition) is 1. The van der Waals surface area contributed by atoms with Crippen molar-refractivity contribution in [3.8, 4) is 0 Å². The van der Waals surface area contributed by atoms with Crippen molar-refractivity contribution in [3.63, 3.8) is 0 Å². The molecule has 4 rings (SSSR count). The predicted octanol–water partition coefficient (Wildman–Crippen LogP) is 3.22. The van der Waals surface area contributed by atoms with Crippen LogP contribution in [0.1, 0.15) is 45.4 Å². The zero-order valence-corrected chi connectivity index (χ0v) is 10.5. The molecule has 0 aliphatic heterocycles. The fraction of sp³-hybridized carbons (Fsp3) is 1.00. The van der Waals surface area contributed by atoms with Gasteiger partial charge in [0, 0.05) is 6.04 Å². The molecule has 4 aliphatic carbocycles. The average molecular weight is 230 g/mol. The molecule has 0 heterocycles. The Hall–Kier alpha value is 0.250. The minimum atomic E-state index is 0. The summed E-state index contributed by atoms with van der Waals surface area (Å²) in [6, 6.07) is 0.428. The number of hydrogen-bond donors (Lipinski definition) is 1. The molecule has 1 unspecified atom stereocenters. The van der Waals surface area contributed by atoms with Gasteiger partial charge in [0.1, 0.15) is 0 Å². The first-order chi connectivity index (χ1) is 6.72. The molecule has 0 aromatic heterocycles. The lowest BCUT2D eigenvalue weighted by molar-refractivity contribution is -0.0413. The maximum Gasteiger partial charge on any atom is 0.00133 e. The minimum absolute atomic E-state index is 0.